The van der Waals surface area contributed by atoms with E-state index in [9.17, 15) is 13.2 Å². The Hall–Kier alpha value is -1.90. The van der Waals surface area contributed by atoms with Crippen LogP contribution >= 0.6 is 39.1 Å². The predicted octanol–water partition coefficient (Wildman–Crippen LogP) is 6.15. The Morgan fingerprint density at radius 3 is 2.16 bits per heavy atom. The van der Waals surface area contributed by atoms with Crippen LogP contribution in [0.1, 0.15) is 18.1 Å². The van der Waals surface area contributed by atoms with Crippen LogP contribution in [0, 0.1) is 0 Å². The highest BCUT2D eigenvalue weighted by molar-refractivity contribution is 9.10. The van der Waals surface area contributed by atoms with Crippen LogP contribution in [0.3, 0.4) is 0 Å². The molecule has 3 rings (SSSR count). The second-order valence-corrected chi connectivity index (χ2v) is 10.7. The molecule has 1 amide bonds. The van der Waals surface area contributed by atoms with E-state index in [1.54, 1.807) is 42.5 Å². The fraction of sp³-hybridized carbons (Fsp3) is 0.174. The van der Waals surface area contributed by atoms with E-state index in [1.165, 1.54) is 12.1 Å². The van der Waals surface area contributed by atoms with Crippen molar-refractivity contribution in [3.05, 3.63) is 92.4 Å². The van der Waals surface area contributed by atoms with Gasteiger partial charge in [0.05, 0.1) is 21.5 Å². The smallest absolute Gasteiger partial charge is 0.243 e. The Morgan fingerprint density at radius 1 is 0.938 bits per heavy atom. The van der Waals surface area contributed by atoms with Crippen LogP contribution < -0.4 is 5.32 Å². The lowest BCUT2D eigenvalue weighted by Gasteiger charge is -2.22. The molecule has 32 heavy (non-hydrogen) atoms. The van der Waals surface area contributed by atoms with E-state index in [-0.39, 0.29) is 18.0 Å². The van der Waals surface area contributed by atoms with E-state index in [0.29, 0.717) is 21.3 Å². The number of hydrogen-bond acceptors (Lipinski definition) is 3. The van der Waals surface area contributed by atoms with Crippen molar-refractivity contribution in [2.45, 2.75) is 24.8 Å². The molecule has 0 radical (unpaired) electrons. The number of nitrogens with zero attached hydrogens (tertiary/aromatic N) is 1. The molecule has 0 aliphatic rings. The van der Waals surface area contributed by atoms with Crippen LogP contribution in [0.4, 0.5) is 5.69 Å². The third-order valence-corrected chi connectivity index (χ3v) is 7.83. The summed E-state index contributed by atoms with van der Waals surface area (Å²) in [6.07, 6.45) is 0.886. The number of hydrogen-bond donors (Lipinski definition) is 1. The summed E-state index contributed by atoms with van der Waals surface area (Å²) in [5, 5.41) is 3.44. The molecule has 168 valence electrons. The second-order valence-electron chi connectivity index (χ2n) is 7.07. The molecule has 0 aliphatic carbocycles. The van der Waals surface area contributed by atoms with Crippen molar-refractivity contribution in [3.8, 4) is 0 Å². The largest absolute Gasteiger partial charge is 0.325 e. The summed E-state index contributed by atoms with van der Waals surface area (Å²) in [4.78, 5) is 12.8. The number of benzene rings is 3. The number of carbonyl (C=O) groups is 1. The maximum Gasteiger partial charge on any atom is 0.243 e. The number of nitrogens with one attached hydrogen (secondary N) is 1. The highest BCUT2D eigenvalue weighted by Gasteiger charge is 2.27. The lowest BCUT2D eigenvalue weighted by Crippen LogP contribution is -2.37. The third kappa shape index (κ3) is 6.33. The van der Waals surface area contributed by atoms with E-state index in [2.05, 4.69) is 21.2 Å². The number of carbonyl (C=O) groups excluding carboxylic acids is 1. The van der Waals surface area contributed by atoms with Gasteiger partial charge in [-0.2, -0.15) is 4.31 Å². The molecule has 3 aromatic carbocycles. The van der Waals surface area contributed by atoms with Gasteiger partial charge in [-0.15, -0.1) is 0 Å². The molecule has 0 fully saturated rings. The van der Waals surface area contributed by atoms with Crippen LogP contribution in [0.2, 0.25) is 10.0 Å². The standard InChI is InChI=1S/C23H21BrCl2N2O3S/c1-2-16-3-8-19(9-4-16)27-23(29)15-28(14-17-5-12-21(25)22(26)13-17)32(30,31)20-10-6-18(24)7-11-20/h3-13H,2,14-15H2,1H3,(H,27,29). The molecule has 0 spiro atoms. The zero-order valence-corrected chi connectivity index (χ0v) is 21.1. The van der Waals surface area contributed by atoms with Gasteiger partial charge in [-0.3, -0.25) is 4.79 Å². The van der Waals surface area contributed by atoms with Gasteiger partial charge in [-0.05, 0) is 66.1 Å². The van der Waals surface area contributed by atoms with Gasteiger partial charge in [0, 0.05) is 16.7 Å². The fourth-order valence-corrected chi connectivity index (χ4v) is 4.98. The van der Waals surface area contributed by atoms with Crippen molar-refractivity contribution < 1.29 is 13.2 Å². The molecule has 0 saturated carbocycles. The summed E-state index contributed by atoms with van der Waals surface area (Å²) in [6, 6.07) is 18.5. The van der Waals surface area contributed by atoms with Crippen molar-refractivity contribution >= 4 is 60.7 Å². The Kier molecular flexibility index (Phi) is 8.36. The summed E-state index contributed by atoms with van der Waals surface area (Å²) in [7, 11) is -3.96. The zero-order chi connectivity index (χ0) is 23.3. The van der Waals surface area contributed by atoms with Gasteiger partial charge in [0.1, 0.15) is 0 Å². The topological polar surface area (TPSA) is 66.5 Å². The van der Waals surface area contributed by atoms with Gasteiger partial charge in [0.25, 0.3) is 0 Å². The van der Waals surface area contributed by atoms with Crippen molar-refractivity contribution in [3.63, 3.8) is 0 Å². The van der Waals surface area contributed by atoms with Crippen molar-refractivity contribution in [1.82, 2.24) is 4.31 Å². The number of sulfonamides is 1. The summed E-state index contributed by atoms with van der Waals surface area (Å²) in [6.45, 7) is 1.63. The summed E-state index contributed by atoms with van der Waals surface area (Å²) >= 11 is 15.4. The van der Waals surface area contributed by atoms with Crippen LogP contribution in [0.5, 0.6) is 0 Å². The van der Waals surface area contributed by atoms with Crippen molar-refractivity contribution in [1.29, 1.82) is 0 Å². The minimum absolute atomic E-state index is 0.0442. The Morgan fingerprint density at radius 2 is 1.56 bits per heavy atom. The molecule has 9 heteroatoms. The minimum Gasteiger partial charge on any atom is -0.325 e. The third-order valence-electron chi connectivity index (χ3n) is 4.76. The minimum atomic E-state index is -3.96. The normalized spacial score (nSPS) is 11.5. The van der Waals surface area contributed by atoms with E-state index in [1.807, 2.05) is 19.1 Å². The first-order valence-electron chi connectivity index (χ1n) is 9.77. The molecular weight excluding hydrogens is 535 g/mol. The Bertz CT molecular complexity index is 1200. The molecule has 5 nitrogen and oxygen atoms in total. The summed E-state index contributed by atoms with van der Waals surface area (Å²) in [5.41, 5.74) is 2.35. The fourth-order valence-electron chi connectivity index (χ4n) is 3.01. The number of aryl methyl sites for hydroxylation is 1. The Labute approximate surface area is 206 Å². The average molecular weight is 556 g/mol. The Balaban J connectivity index is 1.87. The van der Waals surface area contributed by atoms with Crippen molar-refractivity contribution in [2.24, 2.45) is 0 Å². The molecule has 0 unspecified atom stereocenters. The molecule has 3 aromatic rings. The predicted molar refractivity (Wildman–Crippen MR) is 133 cm³/mol. The summed E-state index contributed by atoms with van der Waals surface area (Å²) < 4.78 is 28.6. The van der Waals surface area contributed by atoms with Crippen molar-refractivity contribution in [2.75, 3.05) is 11.9 Å². The van der Waals surface area contributed by atoms with E-state index in [4.69, 9.17) is 23.2 Å². The summed E-state index contributed by atoms with van der Waals surface area (Å²) in [5.74, 6) is -0.449. The van der Waals surface area contributed by atoms with Crippen LogP contribution in [-0.4, -0.2) is 25.2 Å². The number of halogens is 3. The van der Waals surface area contributed by atoms with E-state index in [0.717, 1.165) is 20.8 Å². The molecule has 0 bridgehead atoms. The lowest BCUT2D eigenvalue weighted by molar-refractivity contribution is -0.116. The van der Waals surface area contributed by atoms with Gasteiger partial charge in [-0.1, -0.05) is 64.3 Å². The molecule has 0 heterocycles. The lowest BCUT2D eigenvalue weighted by atomic mass is 10.1. The van der Waals surface area contributed by atoms with Crippen LogP contribution in [0.25, 0.3) is 0 Å². The maximum absolute atomic E-state index is 13.3. The number of amides is 1. The monoisotopic (exact) mass is 554 g/mol. The SMILES string of the molecule is CCc1ccc(NC(=O)CN(Cc2ccc(Cl)c(Cl)c2)S(=O)(=O)c2ccc(Br)cc2)cc1. The van der Waals surface area contributed by atoms with Crippen LogP contribution in [0.15, 0.2) is 76.1 Å². The quantitative estimate of drug-likeness (QED) is 0.362. The average Bonchev–Trinajstić information content (AvgIpc) is 2.76. The first kappa shape index (κ1) is 24.7. The second kappa shape index (κ2) is 10.8. The van der Waals surface area contributed by atoms with Gasteiger partial charge in [-0.25, -0.2) is 8.42 Å². The van der Waals surface area contributed by atoms with E-state index >= 15 is 0 Å². The van der Waals surface area contributed by atoms with Gasteiger partial charge >= 0.3 is 0 Å². The van der Waals surface area contributed by atoms with Gasteiger partial charge in [0.2, 0.25) is 15.9 Å². The first-order chi connectivity index (χ1) is 15.2. The van der Waals surface area contributed by atoms with Crippen LogP contribution in [-0.2, 0) is 27.8 Å². The van der Waals surface area contributed by atoms with E-state index < -0.39 is 15.9 Å². The zero-order valence-electron chi connectivity index (χ0n) is 17.2. The first-order valence-corrected chi connectivity index (χ1v) is 12.8. The number of rotatable bonds is 8. The highest BCUT2D eigenvalue weighted by Crippen LogP contribution is 2.25. The maximum atomic E-state index is 13.3. The molecule has 0 aliphatic heterocycles. The molecule has 0 saturated heterocycles. The molecule has 0 aromatic heterocycles. The van der Waals surface area contributed by atoms with Gasteiger partial charge in [0.15, 0.2) is 0 Å². The molecule has 1 N–H and O–H groups in total. The molecule has 0 atom stereocenters. The molecular formula is C23H21BrCl2N2O3S. The number of anilines is 1. The highest BCUT2D eigenvalue weighted by atomic mass is 79.9. The van der Waals surface area contributed by atoms with Gasteiger partial charge < -0.3 is 5.32 Å².